The first kappa shape index (κ1) is 18.9. The Morgan fingerprint density at radius 1 is 1.30 bits per heavy atom. The van der Waals surface area contributed by atoms with E-state index in [1.165, 1.54) is 17.0 Å². The number of nitrogens with zero attached hydrogens (tertiary/aromatic N) is 1. The number of nitrogens with one attached hydrogen (secondary N) is 1. The summed E-state index contributed by atoms with van der Waals surface area (Å²) in [6.45, 7) is 0.229. The van der Waals surface area contributed by atoms with Crippen molar-refractivity contribution in [2.45, 2.75) is 6.61 Å². The SMILES string of the molecule is CN1C(=O)/C(=C/c2ccc(OCc3ccc(C(=O)[O-])cc3)c(Cl)c2)NC1=S. The van der Waals surface area contributed by atoms with E-state index in [4.69, 9.17) is 28.6 Å². The molecule has 0 saturated carbocycles. The van der Waals surface area contributed by atoms with Crippen LogP contribution in [0.25, 0.3) is 6.08 Å². The number of rotatable bonds is 5. The summed E-state index contributed by atoms with van der Waals surface area (Å²) in [7, 11) is 1.60. The second-order valence-corrected chi connectivity index (χ2v) is 6.61. The maximum atomic E-state index is 12.0. The van der Waals surface area contributed by atoms with Crippen molar-refractivity contribution < 1.29 is 19.4 Å². The molecule has 2 aromatic carbocycles. The average molecular weight is 402 g/mol. The van der Waals surface area contributed by atoms with Gasteiger partial charge in [0.15, 0.2) is 5.11 Å². The highest BCUT2D eigenvalue weighted by Gasteiger charge is 2.26. The lowest BCUT2D eigenvalue weighted by atomic mass is 10.1. The number of hydrogen-bond acceptors (Lipinski definition) is 5. The van der Waals surface area contributed by atoms with Gasteiger partial charge in [-0.15, -0.1) is 0 Å². The Morgan fingerprint density at radius 2 is 2.00 bits per heavy atom. The number of benzene rings is 2. The molecule has 1 aliphatic rings. The fourth-order valence-electron chi connectivity index (χ4n) is 2.41. The van der Waals surface area contributed by atoms with Gasteiger partial charge in [-0.05, 0) is 47.1 Å². The zero-order valence-corrected chi connectivity index (χ0v) is 15.8. The number of likely N-dealkylation sites (N-methyl/N-ethyl adjacent to an activating group) is 1. The van der Waals surface area contributed by atoms with E-state index in [1.54, 1.807) is 43.5 Å². The fraction of sp³-hybridized carbons (Fsp3) is 0.105. The van der Waals surface area contributed by atoms with Crippen LogP contribution in [0.1, 0.15) is 21.5 Å². The molecule has 1 N–H and O–H groups in total. The molecule has 0 unspecified atom stereocenters. The van der Waals surface area contributed by atoms with E-state index in [9.17, 15) is 14.7 Å². The first-order valence-corrected chi connectivity index (χ1v) is 8.67. The fourth-order valence-corrected chi connectivity index (χ4v) is 2.85. The Morgan fingerprint density at radius 3 is 2.56 bits per heavy atom. The molecule has 3 rings (SSSR count). The van der Waals surface area contributed by atoms with Gasteiger partial charge < -0.3 is 20.0 Å². The number of ether oxygens (including phenoxy) is 1. The second kappa shape index (κ2) is 7.77. The number of carboxylic acid groups (broad SMARTS) is 1. The summed E-state index contributed by atoms with van der Waals surface area (Å²) >= 11 is 11.3. The van der Waals surface area contributed by atoms with Crippen molar-refractivity contribution in [1.82, 2.24) is 10.2 Å². The number of hydrogen-bond donors (Lipinski definition) is 1. The van der Waals surface area contributed by atoms with Crippen molar-refractivity contribution >= 4 is 46.9 Å². The number of halogens is 1. The molecule has 1 amide bonds. The van der Waals surface area contributed by atoms with E-state index in [0.29, 0.717) is 21.6 Å². The summed E-state index contributed by atoms with van der Waals surface area (Å²) in [6, 6.07) is 11.4. The van der Waals surface area contributed by atoms with Crippen molar-refractivity contribution in [2.24, 2.45) is 0 Å². The van der Waals surface area contributed by atoms with E-state index < -0.39 is 5.97 Å². The second-order valence-electron chi connectivity index (χ2n) is 5.82. The van der Waals surface area contributed by atoms with Crippen molar-refractivity contribution in [3.05, 3.63) is 69.9 Å². The molecule has 8 heteroatoms. The molecule has 138 valence electrons. The number of carbonyl (C=O) groups excluding carboxylic acids is 2. The lowest BCUT2D eigenvalue weighted by Gasteiger charge is -2.10. The Balaban J connectivity index is 1.69. The first-order valence-electron chi connectivity index (χ1n) is 7.88. The molecule has 1 saturated heterocycles. The van der Waals surface area contributed by atoms with Crippen LogP contribution < -0.4 is 15.2 Å². The summed E-state index contributed by atoms with van der Waals surface area (Å²) < 4.78 is 5.68. The van der Waals surface area contributed by atoms with Crippen LogP contribution in [0.15, 0.2) is 48.2 Å². The zero-order valence-electron chi connectivity index (χ0n) is 14.2. The Labute approximate surface area is 166 Å². The van der Waals surface area contributed by atoms with Gasteiger partial charge in [-0.2, -0.15) is 0 Å². The molecule has 0 bridgehead atoms. The summed E-state index contributed by atoms with van der Waals surface area (Å²) in [5.74, 6) is -0.963. The molecule has 6 nitrogen and oxygen atoms in total. The molecular formula is C19H14ClN2O4S-. The van der Waals surface area contributed by atoms with Gasteiger partial charge in [0.05, 0.1) is 11.0 Å². The predicted molar refractivity (Wildman–Crippen MR) is 103 cm³/mol. The predicted octanol–water partition coefficient (Wildman–Crippen LogP) is 1.97. The van der Waals surface area contributed by atoms with E-state index in [0.717, 1.165) is 11.1 Å². The van der Waals surface area contributed by atoms with Gasteiger partial charge in [0.25, 0.3) is 5.91 Å². The van der Waals surface area contributed by atoms with E-state index in [-0.39, 0.29) is 18.1 Å². The highest BCUT2D eigenvalue weighted by atomic mass is 35.5. The van der Waals surface area contributed by atoms with Gasteiger partial charge in [0.2, 0.25) is 0 Å². The molecule has 1 heterocycles. The van der Waals surface area contributed by atoms with Gasteiger partial charge in [0.1, 0.15) is 18.1 Å². The van der Waals surface area contributed by atoms with E-state index in [2.05, 4.69) is 5.32 Å². The smallest absolute Gasteiger partial charge is 0.276 e. The third-order valence-corrected chi connectivity index (χ3v) is 4.60. The summed E-state index contributed by atoms with van der Waals surface area (Å²) in [6.07, 6.45) is 1.66. The molecule has 0 atom stereocenters. The number of aromatic carboxylic acids is 1. The van der Waals surface area contributed by atoms with Gasteiger partial charge in [0, 0.05) is 7.05 Å². The molecular weight excluding hydrogens is 388 g/mol. The van der Waals surface area contributed by atoms with Crippen LogP contribution in [-0.4, -0.2) is 28.9 Å². The van der Waals surface area contributed by atoms with E-state index >= 15 is 0 Å². The molecule has 0 aliphatic carbocycles. The Kier molecular flexibility index (Phi) is 5.43. The van der Waals surface area contributed by atoms with Gasteiger partial charge in [-0.3, -0.25) is 9.69 Å². The molecule has 1 aliphatic heterocycles. The lowest BCUT2D eigenvalue weighted by molar-refractivity contribution is -0.255. The standard InChI is InChI=1S/C19H15ClN2O4S/c1-22-17(23)15(21-19(22)27)9-12-4-7-16(14(20)8-12)26-10-11-2-5-13(6-3-11)18(24)25/h2-9H,10H2,1H3,(H,21,27)(H,24,25)/p-1/b15-9-. The number of carbonyl (C=O) groups is 2. The van der Waals surface area contributed by atoms with Crippen LogP contribution in [0.3, 0.4) is 0 Å². The number of amides is 1. The van der Waals surface area contributed by atoms with Crippen LogP contribution in [0.5, 0.6) is 5.75 Å². The van der Waals surface area contributed by atoms with Crippen LogP contribution in [-0.2, 0) is 11.4 Å². The van der Waals surface area contributed by atoms with Crippen molar-refractivity contribution in [2.75, 3.05) is 7.05 Å². The molecule has 1 fully saturated rings. The van der Waals surface area contributed by atoms with Crippen molar-refractivity contribution in [1.29, 1.82) is 0 Å². The highest BCUT2D eigenvalue weighted by Crippen LogP contribution is 2.27. The Bertz CT molecular complexity index is 957. The number of carboxylic acids is 1. The first-order chi connectivity index (χ1) is 12.8. The topological polar surface area (TPSA) is 81.7 Å². The summed E-state index contributed by atoms with van der Waals surface area (Å²) in [5.41, 5.74) is 1.99. The lowest BCUT2D eigenvalue weighted by Crippen LogP contribution is -2.25. The van der Waals surface area contributed by atoms with E-state index in [1.807, 2.05) is 0 Å². The van der Waals surface area contributed by atoms with Gasteiger partial charge in [-0.1, -0.05) is 41.9 Å². The van der Waals surface area contributed by atoms with Crippen LogP contribution in [0.2, 0.25) is 5.02 Å². The number of thiocarbonyl (C=S) groups is 1. The normalized spacial score (nSPS) is 15.2. The average Bonchev–Trinajstić information content (AvgIpc) is 2.88. The third-order valence-electron chi connectivity index (χ3n) is 3.93. The highest BCUT2D eigenvalue weighted by molar-refractivity contribution is 7.80. The minimum Gasteiger partial charge on any atom is -0.545 e. The minimum absolute atomic E-state index is 0.106. The van der Waals surface area contributed by atoms with Gasteiger partial charge in [-0.25, -0.2) is 0 Å². The Hall–Kier alpha value is -2.90. The van der Waals surface area contributed by atoms with Gasteiger partial charge >= 0.3 is 0 Å². The summed E-state index contributed by atoms with van der Waals surface area (Å²) in [5, 5.41) is 14.3. The summed E-state index contributed by atoms with van der Waals surface area (Å²) in [4.78, 5) is 24.1. The van der Waals surface area contributed by atoms with Crippen LogP contribution in [0.4, 0.5) is 0 Å². The molecule has 0 radical (unpaired) electrons. The maximum Gasteiger partial charge on any atom is 0.276 e. The molecule has 0 spiro atoms. The maximum absolute atomic E-state index is 12.0. The molecule has 0 aromatic heterocycles. The van der Waals surface area contributed by atoms with Crippen LogP contribution in [0, 0.1) is 0 Å². The third kappa shape index (κ3) is 4.27. The largest absolute Gasteiger partial charge is 0.545 e. The molecule has 27 heavy (non-hydrogen) atoms. The monoisotopic (exact) mass is 401 g/mol. The molecule has 2 aromatic rings. The minimum atomic E-state index is -1.22. The zero-order chi connectivity index (χ0) is 19.6. The van der Waals surface area contributed by atoms with Crippen molar-refractivity contribution in [3.8, 4) is 5.75 Å². The van der Waals surface area contributed by atoms with Crippen LogP contribution >= 0.6 is 23.8 Å². The quantitative estimate of drug-likeness (QED) is 0.609. The van der Waals surface area contributed by atoms with Crippen molar-refractivity contribution in [3.63, 3.8) is 0 Å².